The molecular formula is C18H18O5. The van der Waals surface area contributed by atoms with Crippen molar-refractivity contribution < 1.29 is 24.5 Å². The molecule has 0 aliphatic rings. The topological polar surface area (TPSA) is 76.0 Å². The van der Waals surface area contributed by atoms with Crippen molar-refractivity contribution in [3.8, 4) is 17.2 Å². The Balaban J connectivity index is 2.50. The first-order valence-electron chi connectivity index (χ1n) is 6.93. The number of hydrogen-bond acceptors (Lipinski definition) is 4. The summed E-state index contributed by atoms with van der Waals surface area (Å²) in [5, 5.41) is 19.1. The maximum absolute atomic E-state index is 11.6. The first kappa shape index (κ1) is 16.4. The van der Waals surface area contributed by atoms with E-state index in [-0.39, 0.29) is 17.1 Å². The van der Waals surface area contributed by atoms with E-state index in [9.17, 15) is 15.0 Å². The van der Waals surface area contributed by atoms with Crippen molar-refractivity contribution in [2.75, 3.05) is 14.2 Å². The fourth-order valence-corrected chi connectivity index (χ4v) is 2.27. The lowest BCUT2D eigenvalue weighted by molar-refractivity contribution is -0.130. The molecule has 0 radical (unpaired) electrons. The zero-order valence-corrected chi connectivity index (χ0v) is 13.2. The number of rotatable bonds is 5. The van der Waals surface area contributed by atoms with Crippen molar-refractivity contribution >= 4 is 17.6 Å². The number of aliphatic carboxylic acids is 1. The van der Waals surface area contributed by atoms with E-state index in [1.165, 1.54) is 19.3 Å². The van der Waals surface area contributed by atoms with Crippen LogP contribution in [0.5, 0.6) is 17.2 Å². The van der Waals surface area contributed by atoms with Gasteiger partial charge in [-0.05, 0) is 54.0 Å². The van der Waals surface area contributed by atoms with E-state index in [4.69, 9.17) is 9.47 Å². The van der Waals surface area contributed by atoms with Crippen LogP contribution in [0, 0.1) is 6.92 Å². The van der Waals surface area contributed by atoms with Crippen molar-refractivity contribution in [2.45, 2.75) is 6.92 Å². The molecule has 0 spiro atoms. The molecule has 2 rings (SSSR count). The second-order valence-corrected chi connectivity index (χ2v) is 4.98. The van der Waals surface area contributed by atoms with E-state index in [0.29, 0.717) is 16.9 Å². The molecule has 5 nitrogen and oxygen atoms in total. The van der Waals surface area contributed by atoms with Crippen LogP contribution in [0.4, 0.5) is 0 Å². The minimum absolute atomic E-state index is 0.00168. The van der Waals surface area contributed by atoms with Gasteiger partial charge in [0, 0.05) is 0 Å². The molecule has 0 unspecified atom stereocenters. The third kappa shape index (κ3) is 3.63. The summed E-state index contributed by atoms with van der Waals surface area (Å²) in [6.45, 7) is 1.85. The highest BCUT2D eigenvalue weighted by molar-refractivity contribution is 6.20. The predicted octanol–water partition coefficient (Wildman–Crippen LogP) is 3.34. The number of hydrogen-bond donors (Lipinski definition) is 2. The Hall–Kier alpha value is -2.95. The first-order valence-corrected chi connectivity index (χ1v) is 6.93. The zero-order chi connectivity index (χ0) is 17.0. The quantitative estimate of drug-likeness (QED) is 0.654. The van der Waals surface area contributed by atoms with Crippen LogP contribution in [0.3, 0.4) is 0 Å². The second-order valence-electron chi connectivity index (χ2n) is 4.98. The van der Waals surface area contributed by atoms with Crippen LogP contribution in [0.15, 0.2) is 36.4 Å². The Morgan fingerprint density at radius 1 is 1.04 bits per heavy atom. The Bertz CT molecular complexity index is 762. The lowest BCUT2D eigenvalue weighted by atomic mass is 10.0. The number of benzene rings is 2. The van der Waals surface area contributed by atoms with Crippen molar-refractivity contribution in [3.05, 3.63) is 53.1 Å². The van der Waals surface area contributed by atoms with Gasteiger partial charge in [-0.25, -0.2) is 4.79 Å². The average molecular weight is 314 g/mol. The van der Waals surface area contributed by atoms with Gasteiger partial charge >= 0.3 is 5.97 Å². The van der Waals surface area contributed by atoms with Gasteiger partial charge in [0.25, 0.3) is 0 Å². The molecule has 0 amide bonds. The molecule has 0 saturated heterocycles. The number of methoxy groups -OCH3 is 2. The number of carboxylic acids is 1. The van der Waals surface area contributed by atoms with Crippen molar-refractivity contribution in [1.82, 2.24) is 0 Å². The van der Waals surface area contributed by atoms with Crippen molar-refractivity contribution in [2.24, 2.45) is 0 Å². The molecule has 120 valence electrons. The Morgan fingerprint density at radius 3 is 2.30 bits per heavy atom. The predicted molar refractivity (Wildman–Crippen MR) is 87.9 cm³/mol. The normalized spacial score (nSPS) is 11.2. The van der Waals surface area contributed by atoms with Crippen LogP contribution in [0.2, 0.25) is 0 Å². The van der Waals surface area contributed by atoms with E-state index < -0.39 is 5.97 Å². The molecule has 0 fully saturated rings. The van der Waals surface area contributed by atoms with E-state index in [1.54, 1.807) is 37.4 Å². The summed E-state index contributed by atoms with van der Waals surface area (Å²) in [5.41, 5.74) is 2.18. The summed E-state index contributed by atoms with van der Waals surface area (Å²) in [4.78, 5) is 11.6. The Labute approximate surface area is 134 Å². The number of ether oxygens (including phenoxy) is 2. The monoisotopic (exact) mass is 314 g/mol. The van der Waals surface area contributed by atoms with Crippen LogP contribution >= 0.6 is 0 Å². The molecule has 0 aromatic heterocycles. The highest BCUT2D eigenvalue weighted by Gasteiger charge is 2.13. The summed E-state index contributed by atoms with van der Waals surface area (Å²) in [6, 6.07) is 9.86. The third-order valence-corrected chi connectivity index (χ3v) is 3.45. The number of aromatic hydroxyl groups is 1. The zero-order valence-electron chi connectivity index (χ0n) is 13.2. The van der Waals surface area contributed by atoms with Gasteiger partial charge < -0.3 is 19.7 Å². The SMILES string of the molecule is COc1ccc(/C(=C/c2ccc(O)c(OC)c2)C(=O)O)cc1C. The molecule has 0 atom stereocenters. The van der Waals surface area contributed by atoms with Crippen LogP contribution < -0.4 is 9.47 Å². The van der Waals surface area contributed by atoms with Gasteiger partial charge in [0.2, 0.25) is 0 Å². The number of phenolic OH excluding ortho intramolecular Hbond substituents is 1. The van der Waals surface area contributed by atoms with Crippen LogP contribution in [-0.2, 0) is 4.79 Å². The summed E-state index contributed by atoms with van der Waals surface area (Å²) in [7, 11) is 3.01. The van der Waals surface area contributed by atoms with Crippen LogP contribution in [0.25, 0.3) is 11.6 Å². The Morgan fingerprint density at radius 2 is 1.74 bits per heavy atom. The summed E-state index contributed by atoms with van der Waals surface area (Å²) >= 11 is 0. The van der Waals surface area contributed by atoms with Crippen LogP contribution in [-0.4, -0.2) is 30.4 Å². The molecule has 0 aliphatic carbocycles. The molecule has 0 aliphatic heterocycles. The van der Waals surface area contributed by atoms with Crippen molar-refractivity contribution in [1.29, 1.82) is 0 Å². The number of aryl methyl sites for hydroxylation is 1. The number of carbonyl (C=O) groups is 1. The maximum Gasteiger partial charge on any atom is 0.336 e. The molecule has 2 aromatic carbocycles. The van der Waals surface area contributed by atoms with E-state index in [1.807, 2.05) is 6.92 Å². The third-order valence-electron chi connectivity index (χ3n) is 3.45. The minimum Gasteiger partial charge on any atom is -0.504 e. The van der Waals surface area contributed by atoms with E-state index in [2.05, 4.69) is 0 Å². The van der Waals surface area contributed by atoms with Gasteiger partial charge in [-0.2, -0.15) is 0 Å². The largest absolute Gasteiger partial charge is 0.504 e. The molecule has 2 aromatic rings. The van der Waals surface area contributed by atoms with Gasteiger partial charge in [-0.1, -0.05) is 12.1 Å². The summed E-state index contributed by atoms with van der Waals surface area (Å²) in [5.74, 6) is -0.0531. The van der Waals surface area contributed by atoms with Gasteiger partial charge in [0.15, 0.2) is 11.5 Å². The Kier molecular flexibility index (Phi) is 4.91. The molecular weight excluding hydrogens is 296 g/mol. The van der Waals surface area contributed by atoms with E-state index >= 15 is 0 Å². The standard InChI is InChI=1S/C18H18O5/c1-11-8-13(5-7-16(11)22-2)14(18(20)21)9-12-4-6-15(19)17(10-12)23-3/h4-10,19H,1-3H3,(H,20,21)/b14-9-. The molecule has 0 bridgehead atoms. The maximum atomic E-state index is 11.6. The highest BCUT2D eigenvalue weighted by atomic mass is 16.5. The van der Waals surface area contributed by atoms with Gasteiger partial charge in [0.1, 0.15) is 5.75 Å². The van der Waals surface area contributed by atoms with Gasteiger partial charge in [-0.15, -0.1) is 0 Å². The van der Waals surface area contributed by atoms with E-state index in [0.717, 1.165) is 5.56 Å². The number of phenols is 1. The molecule has 0 heterocycles. The highest BCUT2D eigenvalue weighted by Crippen LogP contribution is 2.29. The number of carboxylic acid groups (broad SMARTS) is 1. The molecule has 0 saturated carbocycles. The first-order chi connectivity index (χ1) is 11.0. The average Bonchev–Trinajstić information content (AvgIpc) is 2.53. The molecule has 23 heavy (non-hydrogen) atoms. The summed E-state index contributed by atoms with van der Waals surface area (Å²) < 4.78 is 10.2. The lowest BCUT2D eigenvalue weighted by Crippen LogP contribution is -2.00. The minimum atomic E-state index is -1.04. The fraction of sp³-hybridized carbons (Fsp3) is 0.167. The van der Waals surface area contributed by atoms with Gasteiger partial charge in [-0.3, -0.25) is 0 Å². The fourth-order valence-electron chi connectivity index (χ4n) is 2.27. The lowest BCUT2D eigenvalue weighted by Gasteiger charge is -2.09. The summed E-state index contributed by atoms with van der Waals surface area (Å²) in [6.07, 6.45) is 1.53. The van der Waals surface area contributed by atoms with Crippen LogP contribution in [0.1, 0.15) is 16.7 Å². The second kappa shape index (κ2) is 6.87. The molecule has 5 heteroatoms. The smallest absolute Gasteiger partial charge is 0.336 e. The molecule has 2 N–H and O–H groups in total. The van der Waals surface area contributed by atoms with Gasteiger partial charge in [0.05, 0.1) is 19.8 Å². The van der Waals surface area contributed by atoms with Crippen molar-refractivity contribution in [3.63, 3.8) is 0 Å².